The molecule has 0 bridgehead atoms. The maximum absolute atomic E-state index is 10.6. The molecule has 0 aliphatic carbocycles. The van der Waals surface area contributed by atoms with Crippen molar-refractivity contribution < 1.29 is 9.53 Å². The van der Waals surface area contributed by atoms with Crippen molar-refractivity contribution in [1.82, 2.24) is 5.32 Å². The van der Waals surface area contributed by atoms with Crippen LogP contribution in [0.4, 0.5) is 4.79 Å². The third kappa shape index (κ3) is 5.11. The molecule has 0 heterocycles. The second kappa shape index (κ2) is 4.81. The number of hydrogen-bond donors (Lipinski definition) is 2. The van der Waals surface area contributed by atoms with Gasteiger partial charge >= 0.3 is 6.09 Å². The maximum Gasteiger partial charge on any atom is 0.412 e. The summed E-state index contributed by atoms with van der Waals surface area (Å²) < 4.78 is 4.55. The van der Waals surface area contributed by atoms with E-state index in [2.05, 4.69) is 16.6 Å². The normalized spacial score (nSPS) is 8.60. The van der Waals surface area contributed by atoms with E-state index >= 15 is 0 Å². The molecular weight excluding hydrogens is 132 g/mol. The van der Waals surface area contributed by atoms with Crippen molar-refractivity contribution in [2.45, 2.75) is 6.92 Å². The van der Waals surface area contributed by atoms with Gasteiger partial charge in [-0.2, -0.15) is 0 Å². The van der Waals surface area contributed by atoms with Crippen LogP contribution in [0.3, 0.4) is 0 Å². The van der Waals surface area contributed by atoms with Crippen LogP contribution in [-0.2, 0) is 4.74 Å². The summed E-state index contributed by atoms with van der Waals surface area (Å²) in [6.07, 6.45) is -0.502. The fraction of sp³-hybridized carbons (Fsp3) is 0.500. The summed E-state index contributed by atoms with van der Waals surface area (Å²) >= 11 is 0. The van der Waals surface area contributed by atoms with Gasteiger partial charge in [-0.3, -0.25) is 0 Å². The first-order valence-corrected chi connectivity index (χ1v) is 2.98. The minimum atomic E-state index is -0.502. The lowest BCUT2D eigenvalue weighted by Gasteiger charge is -2.02. The molecular formula is C6H12N2O2. The number of hydrogen-bond acceptors (Lipinski definition) is 3. The van der Waals surface area contributed by atoms with Crippen LogP contribution in [0.2, 0.25) is 0 Å². The Kier molecular flexibility index (Phi) is 4.32. The Morgan fingerprint density at radius 3 is 2.80 bits per heavy atom. The first kappa shape index (κ1) is 8.97. The van der Waals surface area contributed by atoms with Crippen LogP contribution in [0.15, 0.2) is 12.3 Å². The SMILES string of the molecule is C=C(C)OC(=O)NCCN. The minimum absolute atomic E-state index is 0.370. The Morgan fingerprint density at radius 2 is 2.40 bits per heavy atom. The Morgan fingerprint density at radius 1 is 1.80 bits per heavy atom. The summed E-state index contributed by atoms with van der Waals surface area (Å²) in [7, 11) is 0. The number of nitrogens with one attached hydrogen (secondary N) is 1. The molecule has 0 saturated heterocycles. The molecule has 0 aromatic heterocycles. The molecule has 0 atom stereocenters. The number of carbonyl (C=O) groups excluding carboxylic acids is 1. The summed E-state index contributed by atoms with van der Waals surface area (Å²) in [6, 6.07) is 0. The second-order valence-electron chi connectivity index (χ2n) is 1.81. The summed E-state index contributed by atoms with van der Waals surface area (Å²) in [5.41, 5.74) is 5.11. The van der Waals surface area contributed by atoms with Gasteiger partial charge in [0.2, 0.25) is 0 Å². The first-order valence-electron chi connectivity index (χ1n) is 2.98. The first-order chi connectivity index (χ1) is 4.66. The van der Waals surface area contributed by atoms with Gasteiger partial charge in [0.25, 0.3) is 0 Å². The molecule has 1 amide bonds. The Hall–Kier alpha value is -1.03. The number of nitrogens with two attached hydrogens (primary N) is 1. The minimum Gasteiger partial charge on any atom is -0.416 e. The number of carbonyl (C=O) groups is 1. The zero-order valence-corrected chi connectivity index (χ0v) is 6.02. The molecule has 58 valence electrons. The van der Waals surface area contributed by atoms with Crippen molar-refractivity contribution in [1.29, 1.82) is 0 Å². The predicted octanol–water partition coefficient (Wildman–Crippen LogP) is 0.205. The van der Waals surface area contributed by atoms with Gasteiger partial charge in [0.15, 0.2) is 0 Å². The Labute approximate surface area is 60.0 Å². The fourth-order valence-corrected chi connectivity index (χ4v) is 0.369. The number of ether oxygens (including phenoxy) is 1. The van der Waals surface area contributed by atoms with E-state index in [-0.39, 0.29) is 0 Å². The molecule has 0 unspecified atom stereocenters. The van der Waals surface area contributed by atoms with E-state index in [1.54, 1.807) is 6.92 Å². The van der Waals surface area contributed by atoms with E-state index in [4.69, 9.17) is 5.73 Å². The zero-order chi connectivity index (χ0) is 7.98. The summed E-state index contributed by atoms with van der Waals surface area (Å²) in [6.45, 7) is 5.82. The second-order valence-corrected chi connectivity index (χ2v) is 1.81. The van der Waals surface area contributed by atoms with Gasteiger partial charge in [-0.15, -0.1) is 0 Å². The smallest absolute Gasteiger partial charge is 0.412 e. The number of rotatable bonds is 3. The van der Waals surface area contributed by atoms with Gasteiger partial charge in [-0.05, 0) is 6.92 Å². The van der Waals surface area contributed by atoms with Crippen LogP contribution < -0.4 is 11.1 Å². The average Bonchev–Trinajstić information content (AvgIpc) is 1.82. The van der Waals surface area contributed by atoms with Gasteiger partial charge in [-0.25, -0.2) is 4.79 Å². The number of allylic oxidation sites excluding steroid dienone is 1. The topological polar surface area (TPSA) is 64.3 Å². The van der Waals surface area contributed by atoms with Gasteiger partial charge in [-0.1, -0.05) is 6.58 Å². The number of amides is 1. The van der Waals surface area contributed by atoms with Gasteiger partial charge in [0, 0.05) is 13.1 Å². The van der Waals surface area contributed by atoms with Crippen LogP contribution in [0.25, 0.3) is 0 Å². The van der Waals surface area contributed by atoms with Crippen molar-refractivity contribution in [3.8, 4) is 0 Å². The van der Waals surface area contributed by atoms with E-state index in [1.807, 2.05) is 0 Å². The third-order valence-corrected chi connectivity index (χ3v) is 0.681. The van der Waals surface area contributed by atoms with Crippen LogP contribution in [-0.4, -0.2) is 19.2 Å². The molecule has 0 spiro atoms. The van der Waals surface area contributed by atoms with Gasteiger partial charge in [0.1, 0.15) is 0 Å². The van der Waals surface area contributed by atoms with Crippen LogP contribution in [0.5, 0.6) is 0 Å². The average molecular weight is 144 g/mol. The molecule has 10 heavy (non-hydrogen) atoms. The molecule has 0 aromatic rings. The van der Waals surface area contributed by atoms with E-state index in [0.717, 1.165) is 0 Å². The lowest BCUT2D eigenvalue weighted by molar-refractivity contribution is 0.177. The number of alkyl carbamates (subject to hydrolysis) is 1. The van der Waals surface area contributed by atoms with Crippen molar-refractivity contribution >= 4 is 6.09 Å². The summed E-state index contributed by atoms with van der Waals surface area (Å²) in [4.78, 5) is 10.6. The summed E-state index contributed by atoms with van der Waals surface area (Å²) in [5, 5.41) is 2.42. The van der Waals surface area contributed by atoms with Crippen LogP contribution >= 0.6 is 0 Å². The standard InChI is InChI=1S/C6H12N2O2/c1-5(2)10-6(9)8-4-3-7/h1,3-4,7H2,2H3,(H,8,9). The van der Waals surface area contributed by atoms with E-state index in [0.29, 0.717) is 18.8 Å². The molecule has 0 aliphatic heterocycles. The van der Waals surface area contributed by atoms with Crippen molar-refractivity contribution in [3.05, 3.63) is 12.3 Å². The quantitative estimate of drug-likeness (QED) is 0.556. The molecule has 0 fully saturated rings. The van der Waals surface area contributed by atoms with E-state index in [9.17, 15) is 4.79 Å². The predicted molar refractivity (Wildman–Crippen MR) is 38.4 cm³/mol. The lowest BCUT2D eigenvalue weighted by atomic mass is 10.6. The van der Waals surface area contributed by atoms with Crippen molar-refractivity contribution in [2.75, 3.05) is 13.1 Å². The van der Waals surface area contributed by atoms with Crippen molar-refractivity contribution in [2.24, 2.45) is 5.73 Å². The highest BCUT2D eigenvalue weighted by Crippen LogP contribution is 1.88. The third-order valence-electron chi connectivity index (χ3n) is 0.681. The molecule has 4 nitrogen and oxygen atoms in total. The zero-order valence-electron chi connectivity index (χ0n) is 6.02. The molecule has 0 radical (unpaired) electrons. The molecule has 0 rings (SSSR count). The molecule has 4 heteroatoms. The monoisotopic (exact) mass is 144 g/mol. The van der Waals surface area contributed by atoms with Crippen molar-refractivity contribution in [3.63, 3.8) is 0 Å². The van der Waals surface area contributed by atoms with Gasteiger partial charge < -0.3 is 15.8 Å². The molecule has 0 aliphatic rings. The molecule has 0 saturated carbocycles. The van der Waals surface area contributed by atoms with Crippen LogP contribution in [0, 0.1) is 0 Å². The van der Waals surface area contributed by atoms with Crippen LogP contribution in [0.1, 0.15) is 6.92 Å². The van der Waals surface area contributed by atoms with Gasteiger partial charge in [0.05, 0.1) is 5.76 Å². The largest absolute Gasteiger partial charge is 0.416 e. The highest BCUT2D eigenvalue weighted by atomic mass is 16.6. The Bertz CT molecular complexity index is 134. The molecule has 3 N–H and O–H groups in total. The lowest BCUT2D eigenvalue weighted by Crippen LogP contribution is -2.29. The fourth-order valence-electron chi connectivity index (χ4n) is 0.369. The maximum atomic E-state index is 10.6. The highest BCUT2D eigenvalue weighted by molar-refractivity contribution is 5.68. The summed E-state index contributed by atoms with van der Waals surface area (Å²) in [5.74, 6) is 0.370. The van der Waals surface area contributed by atoms with E-state index in [1.165, 1.54) is 0 Å². The van der Waals surface area contributed by atoms with E-state index < -0.39 is 6.09 Å². The molecule has 0 aromatic carbocycles. The Balaban J connectivity index is 3.35. The highest BCUT2D eigenvalue weighted by Gasteiger charge is 1.98.